The molecule has 1 aromatic rings. The quantitative estimate of drug-likeness (QED) is 0.782. The Bertz CT molecular complexity index is 383. The van der Waals surface area contributed by atoms with E-state index < -0.39 is 0 Å². The molecule has 2 N–H and O–H groups in total. The summed E-state index contributed by atoms with van der Waals surface area (Å²) < 4.78 is 0. The van der Waals surface area contributed by atoms with Gasteiger partial charge in [0.25, 0.3) is 5.91 Å². The van der Waals surface area contributed by atoms with Gasteiger partial charge in [0.2, 0.25) is 5.82 Å². The van der Waals surface area contributed by atoms with Gasteiger partial charge in [-0.3, -0.25) is 9.89 Å². The van der Waals surface area contributed by atoms with Crippen molar-refractivity contribution in [1.82, 2.24) is 25.4 Å². The second-order valence-corrected chi connectivity index (χ2v) is 4.85. The third-order valence-corrected chi connectivity index (χ3v) is 2.96. The van der Waals surface area contributed by atoms with Crippen LogP contribution in [0.5, 0.6) is 0 Å². The average molecular weight is 239 g/mol. The van der Waals surface area contributed by atoms with Gasteiger partial charge in [-0.25, -0.2) is 4.98 Å². The van der Waals surface area contributed by atoms with Gasteiger partial charge in [0, 0.05) is 18.5 Å². The molecule has 0 saturated carbocycles. The van der Waals surface area contributed by atoms with Crippen molar-refractivity contribution in [1.29, 1.82) is 0 Å². The number of aromatic amines is 1. The first-order chi connectivity index (χ1) is 7.86. The van der Waals surface area contributed by atoms with Crippen LogP contribution < -0.4 is 5.32 Å². The van der Waals surface area contributed by atoms with Crippen LogP contribution in [-0.4, -0.2) is 52.2 Å². The number of aromatic nitrogens is 3. The van der Waals surface area contributed by atoms with Gasteiger partial charge in [0.15, 0.2) is 0 Å². The van der Waals surface area contributed by atoms with Crippen LogP contribution in [0.1, 0.15) is 37.2 Å². The largest absolute Gasteiger partial charge is 0.347 e. The van der Waals surface area contributed by atoms with Crippen LogP contribution >= 0.6 is 0 Å². The number of likely N-dealkylation sites (N-methyl/N-ethyl adjacent to an activating group) is 1. The summed E-state index contributed by atoms with van der Waals surface area (Å²) in [6.45, 7) is 6.62. The maximum absolute atomic E-state index is 11.8. The molecule has 6 heteroatoms. The molecule has 96 valence electrons. The normalized spacial score (nSPS) is 11.9. The van der Waals surface area contributed by atoms with Gasteiger partial charge in [-0.2, -0.15) is 0 Å². The molecule has 0 spiro atoms. The van der Waals surface area contributed by atoms with Crippen molar-refractivity contribution in [3.05, 3.63) is 11.6 Å². The number of carbonyl (C=O) groups is 1. The smallest absolute Gasteiger partial charge is 0.291 e. The lowest BCUT2D eigenvalue weighted by Crippen LogP contribution is -2.48. The molecule has 0 fully saturated rings. The Morgan fingerprint density at radius 2 is 2.12 bits per heavy atom. The summed E-state index contributed by atoms with van der Waals surface area (Å²) in [6.07, 6.45) is 0.740. The van der Waals surface area contributed by atoms with Crippen LogP contribution in [0.4, 0.5) is 0 Å². The number of hydrogen-bond acceptors (Lipinski definition) is 4. The number of carbonyl (C=O) groups excluding carboxylic acids is 1. The first-order valence-corrected chi connectivity index (χ1v) is 5.73. The van der Waals surface area contributed by atoms with E-state index in [1.165, 1.54) is 0 Å². The highest BCUT2D eigenvalue weighted by Gasteiger charge is 2.22. The average Bonchev–Trinajstić information content (AvgIpc) is 2.74. The van der Waals surface area contributed by atoms with Crippen molar-refractivity contribution in [2.24, 2.45) is 0 Å². The van der Waals surface area contributed by atoms with Gasteiger partial charge in [-0.05, 0) is 27.9 Å². The van der Waals surface area contributed by atoms with Gasteiger partial charge >= 0.3 is 0 Å². The van der Waals surface area contributed by atoms with E-state index in [9.17, 15) is 4.79 Å². The maximum atomic E-state index is 11.8. The first-order valence-electron chi connectivity index (χ1n) is 5.73. The molecule has 1 amide bonds. The summed E-state index contributed by atoms with van der Waals surface area (Å²) in [5, 5.41) is 9.43. The number of nitrogens with zero attached hydrogens (tertiary/aromatic N) is 3. The van der Waals surface area contributed by atoms with Crippen molar-refractivity contribution in [2.45, 2.75) is 32.7 Å². The zero-order valence-electron chi connectivity index (χ0n) is 11.2. The Labute approximate surface area is 102 Å². The van der Waals surface area contributed by atoms with E-state index in [0.29, 0.717) is 6.54 Å². The molecule has 0 atom stereocenters. The fourth-order valence-electron chi connectivity index (χ4n) is 1.09. The zero-order valence-corrected chi connectivity index (χ0v) is 11.2. The molecular formula is C11H21N5O. The number of rotatable bonds is 5. The molecule has 1 rings (SSSR count). The Balaban J connectivity index is 2.56. The fraction of sp³-hybridized carbons (Fsp3) is 0.727. The van der Waals surface area contributed by atoms with E-state index in [1.807, 2.05) is 21.0 Å². The summed E-state index contributed by atoms with van der Waals surface area (Å²) in [5.41, 5.74) is -0.0977. The molecule has 0 aliphatic heterocycles. The predicted molar refractivity (Wildman–Crippen MR) is 65.9 cm³/mol. The minimum Gasteiger partial charge on any atom is -0.347 e. The minimum atomic E-state index is -0.240. The summed E-state index contributed by atoms with van der Waals surface area (Å²) in [6, 6.07) is 0. The van der Waals surface area contributed by atoms with Crippen LogP contribution in [0.25, 0.3) is 0 Å². The van der Waals surface area contributed by atoms with E-state index in [-0.39, 0.29) is 17.3 Å². The number of hydrogen-bond donors (Lipinski definition) is 2. The van der Waals surface area contributed by atoms with E-state index in [0.717, 1.165) is 12.2 Å². The van der Waals surface area contributed by atoms with Crippen LogP contribution in [-0.2, 0) is 6.42 Å². The number of aryl methyl sites for hydroxylation is 1. The highest BCUT2D eigenvalue weighted by atomic mass is 16.2. The number of amides is 1. The zero-order chi connectivity index (χ0) is 13.1. The second-order valence-electron chi connectivity index (χ2n) is 4.85. The first kappa shape index (κ1) is 13.6. The molecular weight excluding hydrogens is 218 g/mol. The Morgan fingerprint density at radius 3 is 2.59 bits per heavy atom. The van der Waals surface area contributed by atoms with Crippen molar-refractivity contribution in [3.63, 3.8) is 0 Å². The predicted octanol–water partition coefficient (Wildman–Crippen LogP) is 0.437. The topological polar surface area (TPSA) is 73.9 Å². The molecule has 0 bridgehead atoms. The SMILES string of the molecule is CCc1nc(C(=O)NCC(C)(C)N(C)C)n[nH]1. The van der Waals surface area contributed by atoms with Gasteiger partial charge in [-0.1, -0.05) is 6.92 Å². The molecule has 0 unspecified atom stereocenters. The van der Waals surface area contributed by atoms with Gasteiger partial charge in [0.05, 0.1) is 0 Å². The lowest BCUT2D eigenvalue weighted by atomic mass is 10.0. The van der Waals surface area contributed by atoms with Crippen molar-refractivity contribution >= 4 is 5.91 Å². The van der Waals surface area contributed by atoms with Crippen LogP contribution in [0.15, 0.2) is 0 Å². The molecule has 17 heavy (non-hydrogen) atoms. The molecule has 0 aliphatic carbocycles. The number of H-pyrrole nitrogens is 1. The van der Waals surface area contributed by atoms with Crippen molar-refractivity contribution in [2.75, 3.05) is 20.6 Å². The highest BCUT2D eigenvalue weighted by Crippen LogP contribution is 2.07. The lowest BCUT2D eigenvalue weighted by molar-refractivity contribution is 0.0909. The third-order valence-electron chi connectivity index (χ3n) is 2.96. The Hall–Kier alpha value is -1.43. The standard InChI is InChI=1S/C11H21N5O/c1-6-8-13-9(15-14-8)10(17)12-7-11(2,3)16(4)5/h6-7H2,1-5H3,(H,12,17)(H,13,14,15). The van der Waals surface area contributed by atoms with Crippen LogP contribution in [0, 0.1) is 0 Å². The second kappa shape index (κ2) is 5.27. The summed E-state index contributed by atoms with van der Waals surface area (Å²) in [7, 11) is 3.96. The molecule has 0 aliphatic rings. The highest BCUT2D eigenvalue weighted by molar-refractivity contribution is 5.90. The minimum absolute atomic E-state index is 0.0977. The monoisotopic (exact) mass is 239 g/mol. The molecule has 0 radical (unpaired) electrons. The maximum Gasteiger partial charge on any atom is 0.291 e. The fourth-order valence-corrected chi connectivity index (χ4v) is 1.09. The lowest BCUT2D eigenvalue weighted by Gasteiger charge is -2.32. The van der Waals surface area contributed by atoms with Gasteiger partial charge < -0.3 is 10.2 Å². The van der Waals surface area contributed by atoms with Gasteiger partial charge in [-0.15, -0.1) is 5.10 Å². The summed E-state index contributed by atoms with van der Waals surface area (Å²) in [5.74, 6) is 0.689. The Morgan fingerprint density at radius 1 is 1.47 bits per heavy atom. The summed E-state index contributed by atoms with van der Waals surface area (Å²) >= 11 is 0. The van der Waals surface area contributed by atoms with Gasteiger partial charge in [0.1, 0.15) is 5.82 Å². The van der Waals surface area contributed by atoms with E-state index in [2.05, 4.69) is 39.2 Å². The Kier molecular flexibility index (Phi) is 4.22. The molecule has 0 saturated heterocycles. The van der Waals surface area contributed by atoms with E-state index in [4.69, 9.17) is 0 Å². The molecule has 6 nitrogen and oxygen atoms in total. The van der Waals surface area contributed by atoms with E-state index in [1.54, 1.807) is 0 Å². The van der Waals surface area contributed by atoms with Crippen LogP contribution in [0.3, 0.4) is 0 Å². The van der Waals surface area contributed by atoms with Crippen LogP contribution in [0.2, 0.25) is 0 Å². The molecule has 1 heterocycles. The number of nitrogens with one attached hydrogen (secondary N) is 2. The molecule has 0 aromatic carbocycles. The van der Waals surface area contributed by atoms with Crippen molar-refractivity contribution in [3.8, 4) is 0 Å². The molecule has 1 aromatic heterocycles. The summed E-state index contributed by atoms with van der Waals surface area (Å²) in [4.78, 5) is 17.9. The third kappa shape index (κ3) is 3.52. The van der Waals surface area contributed by atoms with E-state index >= 15 is 0 Å². The van der Waals surface area contributed by atoms with Crippen molar-refractivity contribution < 1.29 is 4.79 Å².